The first kappa shape index (κ1) is 16.3. The normalized spacial score (nSPS) is 15.6. The van der Waals surface area contributed by atoms with Crippen LogP contribution in [-0.4, -0.2) is 37.0 Å². The molecule has 0 spiro atoms. The average molecular weight is 374 g/mol. The summed E-state index contributed by atoms with van der Waals surface area (Å²) in [7, 11) is 0. The minimum absolute atomic E-state index is 0. The van der Waals surface area contributed by atoms with Crippen molar-refractivity contribution in [2.75, 3.05) is 26.2 Å². The van der Waals surface area contributed by atoms with Crippen LogP contribution in [-0.2, 0) is 0 Å². The maximum Gasteiger partial charge on any atom is 0.289 e. The van der Waals surface area contributed by atoms with Crippen molar-refractivity contribution in [2.45, 2.75) is 13.3 Å². The van der Waals surface area contributed by atoms with Gasteiger partial charge in [-0.05, 0) is 38.1 Å². The Bertz CT molecular complexity index is 648. The minimum Gasteiger partial charge on any atom is -0.451 e. The first-order valence-corrected chi connectivity index (χ1v) is 7.65. The molecule has 1 aliphatic heterocycles. The van der Waals surface area contributed by atoms with Crippen molar-refractivity contribution in [3.63, 3.8) is 0 Å². The summed E-state index contributed by atoms with van der Waals surface area (Å²) in [5, 5.41) is 4.30. The summed E-state index contributed by atoms with van der Waals surface area (Å²) in [5.41, 5.74) is 1.69. The monoisotopic (exact) mass is 372 g/mol. The van der Waals surface area contributed by atoms with Gasteiger partial charge in [0.2, 0.25) is 0 Å². The third kappa shape index (κ3) is 3.25. The molecule has 0 unspecified atom stereocenters. The molecule has 21 heavy (non-hydrogen) atoms. The van der Waals surface area contributed by atoms with Gasteiger partial charge in [-0.1, -0.05) is 15.9 Å². The van der Waals surface area contributed by atoms with Crippen LogP contribution < -0.4 is 5.32 Å². The molecule has 1 aromatic carbocycles. The fraction of sp³-hybridized carbons (Fsp3) is 0.400. The summed E-state index contributed by atoms with van der Waals surface area (Å²) in [5.74, 6) is 0.471. The van der Waals surface area contributed by atoms with E-state index in [-0.39, 0.29) is 18.3 Å². The van der Waals surface area contributed by atoms with Crippen molar-refractivity contribution in [3.8, 4) is 0 Å². The number of hydrogen-bond acceptors (Lipinski definition) is 3. The van der Waals surface area contributed by atoms with Gasteiger partial charge in [-0.3, -0.25) is 4.79 Å². The zero-order valence-corrected chi connectivity index (χ0v) is 14.2. The first-order chi connectivity index (χ1) is 9.66. The van der Waals surface area contributed by atoms with Crippen molar-refractivity contribution in [3.05, 3.63) is 34.0 Å². The number of fused-ring (bicyclic) bond motifs is 1. The lowest BCUT2D eigenvalue weighted by Gasteiger charge is -2.18. The Morgan fingerprint density at radius 2 is 2.14 bits per heavy atom. The number of benzene rings is 1. The molecule has 3 rings (SSSR count). The number of furan rings is 1. The predicted octanol–water partition coefficient (Wildman–Crippen LogP) is 3.36. The second kappa shape index (κ2) is 6.81. The fourth-order valence-corrected chi connectivity index (χ4v) is 2.95. The molecule has 114 valence electrons. The number of amides is 1. The van der Waals surface area contributed by atoms with E-state index in [1.165, 1.54) is 0 Å². The SMILES string of the molecule is Cc1c(C(=O)N2CCCNCC2)oc2ccc(Br)cc12.Cl. The number of nitrogens with zero attached hydrogens (tertiary/aromatic N) is 1. The number of carbonyl (C=O) groups excluding carboxylic acids is 1. The first-order valence-electron chi connectivity index (χ1n) is 6.85. The van der Waals surface area contributed by atoms with E-state index in [1.807, 2.05) is 30.0 Å². The lowest BCUT2D eigenvalue weighted by Crippen LogP contribution is -2.34. The molecular weight excluding hydrogens is 356 g/mol. The molecule has 0 saturated carbocycles. The van der Waals surface area contributed by atoms with Crippen molar-refractivity contribution < 1.29 is 9.21 Å². The largest absolute Gasteiger partial charge is 0.451 e. The highest BCUT2D eigenvalue weighted by Gasteiger charge is 2.23. The van der Waals surface area contributed by atoms with Gasteiger partial charge < -0.3 is 14.6 Å². The molecular formula is C15H18BrClN2O2. The molecule has 1 amide bonds. The van der Waals surface area contributed by atoms with E-state index in [1.54, 1.807) is 0 Å². The van der Waals surface area contributed by atoms with E-state index in [0.717, 1.165) is 53.6 Å². The molecule has 1 saturated heterocycles. The quantitative estimate of drug-likeness (QED) is 0.833. The number of rotatable bonds is 1. The Morgan fingerprint density at radius 1 is 1.33 bits per heavy atom. The van der Waals surface area contributed by atoms with E-state index >= 15 is 0 Å². The molecule has 1 aromatic heterocycles. The Kier molecular flexibility index (Phi) is 5.30. The summed E-state index contributed by atoms with van der Waals surface area (Å²) < 4.78 is 6.77. The molecule has 6 heteroatoms. The van der Waals surface area contributed by atoms with E-state index in [2.05, 4.69) is 21.2 Å². The topological polar surface area (TPSA) is 45.5 Å². The van der Waals surface area contributed by atoms with Gasteiger partial charge in [-0.25, -0.2) is 0 Å². The second-order valence-electron chi connectivity index (χ2n) is 5.09. The second-order valence-corrected chi connectivity index (χ2v) is 6.01. The number of aryl methyl sites for hydroxylation is 1. The maximum absolute atomic E-state index is 12.6. The standard InChI is InChI=1S/C15H17BrN2O2.ClH/c1-10-12-9-11(16)3-4-13(12)20-14(10)15(19)18-7-2-5-17-6-8-18;/h3-4,9,17H,2,5-8H2,1H3;1H. The third-order valence-corrected chi connectivity index (χ3v) is 4.21. The van der Waals surface area contributed by atoms with Crippen LogP contribution in [0, 0.1) is 6.92 Å². The van der Waals surface area contributed by atoms with Crippen LogP contribution in [0.5, 0.6) is 0 Å². The van der Waals surface area contributed by atoms with Crippen LogP contribution in [0.4, 0.5) is 0 Å². The van der Waals surface area contributed by atoms with Gasteiger partial charge >= 0.3 is 0 Å². The number of halogens is 2. The summed E-state index contributed by atoms with van der Waals surface area (Å²) in [6.45, 7) is 5.28. The van der Waals surface area contributed by atoms with E-state index in [4.69, 9.17) is 4.42 Å². The van der Waals surface area contributed by atoms with Crippen LogP contribution in [0.2, 0.25) is 0 Å². The average Bonchev–Trinajstić information content (AvgIpc) is 2.66. The highest BCUT2D eigenvalue weighted by Crippen LogP contribution is 2.28. The highest BCUT2D eigenvalue weighted by atomic mass is 79.9. The van der Waals surface area contributed by atoms with Crippen molar-refractivity contribution in [1.29, 1.82) is 0 Å². The molecule has 0 bridgehead atoms. The molecule has 2 heterocycles. The van der Waals surface area contributed by atoms with E-state index < -0.39 is 0 Å². The van der Waals surface area contributed by atoms with Gasteiger partial charge in [-0.15, -0.1) is 12.4 Å². The van der Waals surface area contributed by atoms with Crippen molar-refractivity contribution in [2.24, 2.45) is 0 Å². The lowest BCUT2D eigenvalue weighted by molar-refractivity contribution is 0.0736. The molecule has 1 N–H and O–H groups in total. The molecule has 0 aliphatic carbocycles. The Hall–Kier alpha value is -1.04. The lowest BCUT2D eigenvalue weighted by atomic mass is 10.1. The smallest absolute Gasteiger partial charge is 0.289 e. The van der Waals surface area contributed by atoms with Gasteiger partial charge in [-0.2, -0.15) is 0 Å². The van der Waals surface area contributed by atoms with Gasteiger partial charge in [0.15, 0.2) is 5.76 Å². The van der Waals surface area contributed by atoms with Crippen LogP contribution in [0.15, 0.2) is 27.1 Å². The Balaban J connectivity index is 0.00000161. The zero-order valence-electron chi connectivity index (χ0n) is 11.8. The summed E-state index contributed by atoms with van der Waals surface area (Å²) >= 11 is 3.45. The highest BCUT2D eigenvalue weighted by molar-refractivity contribution is 9.10. The zero-order chi connectivity index (χ0) is 14.1. The number of carbonyl (C=O) groups is 1. The van der Waals surface area contributed by atoms with Crippen LogP contribution in [0.25, 0.3) is 11.0 Å². The van der Waals surface area contributed by atoms with Crippen LogP contribution in [0.1, 0.15) is 22.5 Å². The summed E-state index contributed by atoms with van der Waals surface area (Å²) in [4.78, 5) is 14.5. The molecule has 2 aromatic rings. The molecule has 0 atom stereocenters. The van der Waals surface area contributed by atoms with Gasteiger partial charge in [0.1, 0.15) is 5.58 Å². The van der Waals surface area contributed by atoms with E-state index in [9.17, 15) is 4.79 Å². The Morgan fingerprint density at radius 3 is 2.95 bits per heavy atom. The van der Waals surface area contributed by atoms with Gasteiger partial charge in [0, 0.05) is 35.1 Å². The third-order valence-electron chi connectivity index (χ3n) is 3.72. The van der Waals surface area contributed by atoms with Gasteiger partial charge in [0.25, 0.3) is 5.91 Å². The molecule has 1 fully saturated rings. The van der Waals surface area contributed by atoms with Gasteiger partial charge in [0.05, 0.1) is 0 Å². The number of nitrogens with one attached hydrogen (secondary N) is 1. The van der Waals surface area contributed by atoms with Crippen molar-refractivity contribution >= 4 is 45.2 Å². The molecule has 1 aliphatic rings. The van der Waals surface area contributed by atoms with Crippen LogP contribution in [0.3, 0.4) is 0 Å². The molecule has 4 nitrogen and oxygen atoms in total. The predicted molar refractivity (Wildman–Crippen MR) is 89.3 cm³/mol. The van der Waals surface area contributed by atoms with Crippen LogP contribution >= 0.6 is 28.3 Å². The summed E-state index contributed by atoms with van der Waals surface area (Å²) in [6, 6.07) is 5.82. The van der Waals surface area contributed by atoms with Crippen molar-refractivity contribution in [1.82, 2.24) is 10.2 Å². The molecule has 0 radical (unpaired) electrons. The number of hydrogen-bond donors (Lipinski definition) is 1. The Labute approximate surface area is 138 Å². The minimum atomic E-state index is -0.00137. The fourth-order valence-electron chi connectivity index (χ4n) is 2.59. The maximum atomic E-state index is 12.6. The summed E-state index contributed by atoms with van der Waals surface area (Å²) in [6.07, 6.45) is 0.983. The van der Waals surface area contributed by atoms with E-state index in [0.29, 0.717) is 5.76 Å².